The Morgan fingerprint density at radius 3 is 2.29 bits per heavy atom. The Kier molecular flexibility index (Phi) is 7.83. The number of carboxylic acid groups (broad SMARTS) is 1. The molecule has 0 saturated heterocycles. The van der Waals surface area contributed by atoms with Crippen molar-refractivity contribution in [1.82, 2.24) is 0 Å². The number of aliphatic carboxylic acids is 1. The number of aliphatic hydroxyl groups excluding tert-OH is 1. The van der Waals surface area contributed by atoms with Gasteiger partial charge >= 0.3 is 11.9 Å². The molecule has 14 heavy (non-hydrogen) atoms. The van der Waals surface area contributed by atoms with Gasteiger partial charge in [0.15, 0.2) is 0 Å². The second kappa shape index (κ2) is 8.50. The zero-order valence-electron chi connectivity index (χ0n) is 8.07. The topological polar surface area (TPSA) is 83.8 Å². The van der Waals surface area contributed by atoms with Crippen molar-refractivity contribution in [2.24, 2.45) is 0 Å². The molecule has 5 heteroatoms. The molecule has 0 rings (SSSR count). The Hall–Kier alpha value is -1.10. The van der Waals surface area contributed by atoms with Crippen LogP contribution in [0, 0.1) is 0 Å². The summed E-state index contributed by atoms with van der Waals surface area (Å²) in [6.07, 6.45) is 1.80. The zero-order chi connectivity index (χ0) is 10.8. The van der Waals surface area contributed by atoms with Crippen molar-refractivity contribution in [3.05, 3.63) is 0 Å². The lowest BCUT2D eigenvalue weighted by Crippen LogP contribution is -2.07. The molecule has 0 bridgehead atoms. The van der Waals surface area contributed by atoms with E-state index in [0.717, 1.165) is 0 Å². The van der Waals surface area contributed by atoms with E-state index in [1.54, 1.807) is 0 Å². The molecule has 0 fully saturated rings. The quantitative estimate of drug-likeness (QED) is 0.445. The van der Waals surface area contributed by atoms with Crippen molar-refractivity contribution in [3.63, 3.8) is 0 Å². The fourth-order valence-corrected chi connectivity index (χ4v) is 0.868. The van der Waals surface area contributed by atoms with Crippen LogP contribution in [0.5, 0.6) is 0 Å². The van der Waals surface area contributed by atoms with E-state index in [1.165, 1.54) is 0 Å². The molecule has 0 saturated carbocycles. The fourth-order valence-electron chi connectivity index (χ4n) is 0.868. The predicted molar refractivity (Wildman–Crippen MR) is 48.8 cm³/mol. The van der Waals surface area contributed by atoms with Crippen LogP contribution in [0.4, 0.5) is 0 Å². The van der Waals surface area contributed by atoms with Gasteiger partial charge in [-0.05, 0) is 12.8 Å². The number of hydrogen-bond acceptors (Lipinski definition) is 4. The first kappa shape index (κ1) is 12.9. The number of aliphatic hydroxyl groups is 1. The largest absolute Gasteiger partial charge is 0.481 e. The number of carbonyl (C=O) groups excluding carboxylic acids is 1. The number of esters is 1. The molecule has 0 heterocycles. The summed E-state index contributed by atoms with van der Waals surface area (Å²) in [6, 6.07) is 0. The molecule has 5 nitrogen and oxygen atoms in total. The van der Waals surface area contributed by atoms with Crippen LogP contribution in [0.15, 0.2) is 0 Å². The minimum Gasteiger partial charge on any atom is -0.481 e. The first-order valence-corrected chi connectivity index (χ1v) is 4.65. The van der Waals surface area contributed by atoms with Gasteiger partial charge in [-0.1, -0.05) is 0 Å². The summed E-state index contributed by atoms with van der Waals surface area (Å²) >= 11 is 0. The van der Waals surface area contributed by atoms with Gasteiger partial charge in [-0.2, -0.15) is 0 Å². The summed E-state index contributed by atoms with van der Waals surface area (Å²) in [6.45, 7) is 0.237. The van der Waals surface area contributed by atoms with Crippen molar-refractivity contribution >= 4 is 11.9 Å². The van der Waals surface area contributed by atoms with Crippen LogP contribution in [0.1, 0.15) is 32.1 Å². The summed E-state index contributed by atoms with van der Waals surface area (Å²) in [5, 5.41) is 16.7. The SMILES string of the molecule is O=C(O)CCCCC(=O)OCCCO. The third kappa shape index (κ3) is 8.99. The Morgan fingerprint density at radius 1 is 1.07 bits per heavy atom. The minimum absolute atomic E-state index is 0.00624. The number of hydrogen-bond donors (Lipinski definition) is 2. The highest BCUT2D eigenvalue weighted by Gasteiger charge is 2.03. The van der Waals surface area contributed by atoms with Crippen molar-refractivity contribution < 1.29 is 24.5 Å². The van der Waals surface area contributed by atoms with Gasteiger partial charge in [0, 0.05) is 25.9 Å². The van der Waals surface area contributed by atoms with Gasteiger partial charge in [0.2, 0.25) is 0 Å². The third-order valence-electron chi connectivity index (χ3n) is 1.59. The summed E-state index contributed by atoms with van der Waals surface area (Å²) in [5.74, 6) is -1.18. The average Bonchev–Trinajstić information content (AvgIpc) is 2.13. The normalized spacial score (nSPS) is 9.79. The highest BCUT2D eigenvalue weighted by Crippen LogP contribution is 2.01. The van der Waals surface area contributed by atoms with Gasteiger partial charge < -0.3 is 14.9 Å². The van der Waals surface area contributed by atoms with Crippen LogP contribution < -0.4 is 0 Å². The Labute approximate surface area is 82.7 Å². The molecule has 0 aliphatic rings. The smallest absolute Gasteiger partial charge is 0.305 e. The van der Waals surface area contributed by atoms with Gasteiger partial charge in [0.05, 0.1) is 6.61 Å². The Balaban J connectivity index is 3.22. The minimum atomic E-state index is -0.848. The summed E-state index contributed by atoms with van der Waals surface area (Å²) in [4.78, 5) is 21.0. The Morgan fingerprint density at radius 2 is 1.71 bits per heavy atom. The van der Waals surface area contributed by atoms with Crippen molar-refractivity contribution in [3.8, 4) is 0 Å². The van der Waals surface area contributed by atoms with E-state index in [1.807, 2.05) is 0 Å². The van der Waals surface area contributed by atoms with Crippen molar-refractivity contribution in [2.45, 2.75) is 32.1 Å². The summed E-state index contributed by atoms with van der Waals surface area (Å²) < 4.78 is 4.74. The highest BCUT2D eigenvalue weighted by atomic mass is 16.5. The highest BCUT2D eigenvalue weighted by molar-refractivity contribution is 5.69. The molecular weight excluding hydrogens is 188 g/mol. The van der Waals surface area contributed by atoms with Gasteiger partial charge in [-0.3, -0.25) is 9.59 Å². The van der Waals surface area contributed by atoms with Crippen LogP contribution in [-0.4, -0.2) is 35.4 Å². The van der Waals surface area contributed by atoms with Crippen LogP contribution in [0.25, 0.3) is 0 Å². The number of ether oxygens (including phenoxy) is 1. The maximum absolute atomic E-state index is 10.9. The first-order chi connectivity index (χ1) is 6.66. The van der Waals surface area contributed by atoms with Crippen LogP contribution in [0.2, 0.25) is 0 Å². The predicted octanol–water partition coefficient (Wildman–Crippen LogP) is 0.557. The molecule has 0 aromatic heterocycles. The Bertz CT molecular complexity index is 178. The lowest BCUT2D eigenvalue weighted by atomic mass is 10.2. The maximum Gasteiger partial charge on any atom is 0.305 e. The van der Waals surface area contributed by atoms with Crippen LogP contribution in [0.3, 0.4) is 0 Å². The molecule has 0 aliphatic heterocycles. The second-order valence-electron chi connectivity index (χ2n) is 2.90. The van der Waals surface area contributed by atoms with E-state index in [2.05, 4.69) is 0 Å². The van der Waals surface area contributed by atoms with Gasteiger partial charge in [0.25, 0.3) is 0 Å². The van der Waals surface area contributed by atoms with Crippen LogP contribution >= 0.6 is 0 Å². The van der Waals surface area contributed by atoms with E-state index in [0.29, 0.717) is 19.3 Å². The molecule has 2 N–H and O–H groups in total. The van der Waals surface area contributed by atoms with E-state index < -0.39 is 5.97 Å². The van der Waals surface area contributed by atoms with Crippen LogP contribution in [-0.2, 0) is 14.3 Å². The molecule has 0 unspecified atom stereocenters. The summed E-state index contributed by atoms with van der Waals surface area (Å²) in [7, 11) is 0. The first-order valence-electron chi connectivity index (χ1n) is 4.65. The van der Waals surface area contributed by atoms with E-state index in [-0.39, 0.29) is 32.0 Å². The molecule has 0 aromatic carbocycles. The van der Waals surface area contributed by atoms with Crippen molar-refractivity contribution in [1.29, 1.82) is 0 Å². The third-order valence-corrected chi connectivity index (χ3v) is 1.59. The molecule has 0 radical (unpaired) electrons. The molecule has 0 aliphatic carbocycles. The van der Waals surface area contributed by atoms with Gasteiger partial charge in [-0.25, -0.2) is 0 Å². The van der Waals surface area contributed by atoms with E-state index in [9.17, 15) is 9.59 Å². The molecule has 0 aromatic rings. The standard InChI is InChI=1S/C9H16O5/c10-6-3-7-14-9(13)5-2-1-4-8(11)12/h10H,1-7H2,(H,11,12). The zero-order valence-corrected chi connectivity index (χ0v) is 8.07. The molecule has 0 amide bonds. The lowest BCUT2D eigenvalue weighted by Gasteiger charge is -2.02. The van der Waals surface area contributed by atoms with Gasteiger partial charge in [0.1, 0.15) is 0 Å². The van der Waals surface area contributed by atoms with Gasteiger partial charge in [-0.15, -0.1) is 0 Å². The number of unbranched alkanes of at least 4 members (excludes halogenated alkanes) is 1. The second-order valence-corrected chi connectivity index (χ2v) is 2.90. The number of carbonyl (C=O) groups is 2. The molecular formula is C9H16O5. The number of rotatable bonds is 8. The summed E-state index contributed by atoms with van der Waals surface area (Å²) in [5.41, 5.74) is 0. The molecule has 82 valence electrons. The fraction of sp³-hybridized carbons (Fsp3) is 0.778. The number of carboxylic acids is 1. The average molecular weight is 204 g/mol. The van der Waals surface area contributed by atoms with Crippen molar-refractivity contribution in [2.75, 3.05) is 13.2 Å². The maximum atomic E-state index is 10.9. The van der Waals surface area contributed by atoms with E-state index >= 15 is 0 Å². The molecule has 0 atom stereocenters. The van der Waals surface area contributed by atoms with E-state index in [4.69, 9.17) is 14.9 Å². The molecule has 0 spiro atoms. The lowest BCUT2D eigenvalue weighted by molar-refractivity contribution is -0.144. The monoisotopic (exact) mass is 204 g/mol.